The number of halogens is 1. The minimum atomic E-state index is -0.486. The predicted molar refractivity (Wildman–Crippen MR) is 78.0 cm³/mol. The zero-order chi connectivity index (χ0) is 14.8. The summed E-state index contributed by atoms with van der Waals surface area (Å²) in [5.41, 5.74) is 6.21. The zero-order valence-corrected chi connectivity index (χ0v) is 12.1. The first-order chi connectivity index (χ1) is 9.38. The largest absolute Gasteiger partial charge is 0.399 e. The Bertz CT molecular complexity index is 476. The summed E-state index contributed by atoms with van der Waals surface area (Å²) >= 11 is 0. The number of nitrogens with one attached hydrogen (secondary N) is 1. The molecule has 1 saturated heterocycles. The quantitative estimate of drug-likeness (QED) is 0.830. The van der Waals surface area contributed by atoms with E-state index in [0.29, 0.717) is 6.54 Å². The second-order valence-corrected chi connectivity index (χ2v) is 6.07. The maximum absolute atomic E-state index is 13.2. The lowest BCUT2D eigenvalue weighted by molar-refractivity contribution is 0.0891. The molecule has 0 unspecified atom stereocenters. The van der Waals surface area contributed by atoms with E-state index in [4.69, 9.17) is 5.73 Å². The Morgan fingerprint density at radius 2 is 2.05 bits per heavy atom. The number of hydrogen-bond acceptors (Lipinski definition) is 3. The fraction of sp³-hybridized carbons (Fsp3) is 0.533. The summed E-state index contributed by atoms with van der Waals surface area (Å²) in [5, 5.41) is 2.90. The number of nitrogens with two attached hydrogens (primary N) is 1. The Morgan fingerprint density at radius 3 is 2.65 bits per heavy atom. The average molecular weight is 279 g/mol. The molecule has 1 aromatic rings. The van der Waals surface area contributed by atoms with Crippen molar-refractivity contribution in [3.8, 4) is 0 Å². The van der Waals surface area contributed by atoms with Crippen molar-refractivity contribution < 1.29 is 9.18 Å². The number of carbonyl (C=O) groups excluding carboxylic acids is 1. The number of amides is 1. The molecule has 4 nitrogen and oxygen atoms in total. The topological polar surface area (TPSA) is 58.4 Å². The van der Waals surface area contributed by atoms with Crippen LogP contribution in [0.2, 0.25) is 0 Å². The van der Waals surface area contributed by atoms with Crippen molar-refractivity contribution in [2.75, 3.05) is 32.4 Å². The summed E-state index contributed by atoms with van der Waals surface area (Å²) < 4.78 is 13.2. The highest BCUT2D eigenvalue weighted by Crippen LogP contribution is 2.29. The molecule has 0 aromatic heterocycles. The van der Waals surface area contributed by atoms with Crippen LogP contribution in [0.5, 0.6) is 0 Å². The number of carbonyl (C=O) groups is 1. The van der Waals surface area contributed by atoms with Crippen molar-refractivity contribution in [1.29, 1.82) is 0 Å². The summed E-state index contributed by atoms with van der Waals surface area (Å²) in [6.45, 7) is 4.87. The lowest BCUT2D eigenvalue weighted by Gasteiger charge is -2.37. The van der Waals surface area contributed by atoms with Gasteiger partial charge in [-0.1, -0.05) is 6.92 Å². The minimum Gasteiger partial charge on any atom is -0.399 e. The van der Waals surface area contributed by atoms with E-state index >= 15 is 0 Å². The van der Waals surface area contributed by atoms with Gasteiger partial charge in [0.25, 0.3) is 5.91 Å². The monoisotopic (exact) mass is 279 g/mol. The first-order valence-corrected chi connectivity index (χ1v) is 6.91. The third-order valence-electron chi connectivity index (χ3n) is 4.05. The van der Waals surface area contributed by atoms with Crippen molar-refractivity contribution in [1.82, 2.24) is 10.2 Å². The highest BCUT2D eigenvalue weighted by Gasteiger charge is 2.29. The van der Waals surface area contributed by atoms with E-state index in [9.17, 15) is 9.18 Å². The van der Waals surface area contributed by atoms with E-state index in [-0.39, 0.29) is 22.6 Å². The molecule has 1 aliphatic rings. The van der Waals surface area contributed by atoms with Crippen LogP contribution in [0.1, 0.15) is 30.1 Å². The maximum atomic E-state index is 13.2. The molecule has 5 heteroatoms. The number of hydrogen-bond donors (Lipinski definition) is 2. The highest BCUT2D eigenvalue weighted by molar-refractivity contribution is 5.95. The van der Waals surface area contributed by atoms with Gasteiger partial charge < -0.3 is 16.0 Å². The Morgan fingerprint density at radius 1 is 1.40 bits per heavy atom. The molecular weight excluding hydrogens is 257 g/mol. The van der Waals surface area contributed by atoms with Crippen LogP contribution < -0.4 is 11.1 Å². The number of likely N-dealkylation sites (tertiary alicyclic amines) is 1. The minimum absolute atomic E-state index is 0.112. The fourth-order valence-electron chi connectivity index (χ4n) is 2.47. The van der Waals surface area contributed by atoms with Crippen molar-refractivity contribution in [3.05, 3.63) is 29.6 Å². The standard InChI is InChI=1S/C15H22FN3O/c1-15(3-5-19(2)6-4-15)10-18-14(20)11-7-12(16)9-13(17)8-11/h7-9H,3-6,10,17H2,1-2H3,(H,18,20). The highest BCUT2D eigenvalue weighted by atomic mass is 19.1. The molecule has 1 amide bonds. The molecule has 1 aromatic carbocycles. The molecule has 0 spiro atoms. The number of nitrogens with zero attached hydrogens (tertiary/aromatic N) is 1. The first-order valence-electron chi connectivity index (χ1n) is 6.91. The molecule has 1 aliphatic heterocycles. The molecule has 2 rings (SSSR count). The molecule has 110 valence electrons. The Hall–Kier alpha value is -1.62. The van der Waals surface area contributed by atoms with Gasteiger partial charge in [0.1, 0.15) is 5.82 Å². The maximum Gasteiger partial charge on any atom is 0.251 e. The van der Waals surface area contributed by atoms with Gasteiger partial charge in [0, 0.05) is 17.8 Å². The molecule has 3 N–H and O–H groups in total. The van der Waals surface area contributed by atoms with Gasteiger partial charge in [-0.3, -0.25) is 4.79 Å². The molecular formula is C15H22FN3O. The van der Waals surface area contributed by atoms with Gasteiger partial charge in [0.2, 0.25) is 0 Å². The van der Waals surface area contributed by atoms with Gasteiger partial charge in [-0.05, 0) is 56.6 Å². The average Bonchev–Trinajstić information content (AvgIpc) is 2.39. The molecule has 1 heterocycles. The molecule has 0 saturated carbocycles. The van der Waals surface area contributed by atoms with Crippen LogP contribution >= 0.6 is 0 Å². The molecule has 0 aliphatic carbocycles. The molecule has 0 atom stereocenters. The summed E-state index contributed by atoms with van der Waals surface area (Å²) in [6.07, 6.45) is 2.10. The number of anilines is 1. The molecule has 0 radical (unpaired) electrons. The zero-order valence-electron chi connectivity index (χ0n) is 12.1. The van der Waals surface area contributed by atoms with Gasteiger partial charge in [0.05, 0.1) is 0 Å². The van der Waals surface area contributed by atoms with Gasteiger partial charge in [-0.2, -0.15) is 0 Å². The van der Waals surface area contributed by atoms with Crippen LogP contribution in [0.4, 0.5) is 10.1 Å². The number of nitrogen functional groups attached to an aromatic ring is 1. The Kier molecular flexibility index (Phi) is 4.28. The molecule has 1 fully saturated rings. The lowest BCUT2D eigenvalue weighted by Crippen LogP contribution is -2.43. The van der Waals surface area contributed by atoms with Crippen LogP contribution in [-0.2, 0) is 0 Å². The van der Waals surface area contributed by atoms with E-state index < -0.39 is 5.82 Å². The van der Waals surface area contributed by atoms with Crippen molar-refractivity contribution in [2.24, 2.45) is 5.41 Å². The second kappa shape index (κ2) is 5.79. The number of benzene rings is 1. The van der Waals surface area contributed by atoms with Crippen molar-refractivity contribution in [2.45, 2.75) is 19.8 Å². The SMILES string of the molecule is CN1CCC(C)(CNC(=O)c2cc(N)cc(F)c2)CC1. The van der Waals surface area contributed by atoms with E-state index in [0.717, 1.165) is 25.9 Å². The second-order valence-electron chi connectivity index (χ2n) is 6.07. The van der Waals surface area contributed by atoms with E-state index in [2.05, 4.69) is 24.2 Å². The smallest absolute Gasteiger partial charge is 0.251 e. The lowest BCUT2D eigenvalue weighted by atomic mass is 9.80. The van der Waals surface area contributed by atoms with E-state index in [1.54, 1.807) is 0 Å². The molecule has 0 bridgehead atoms. The van der Waals surface area contributed by atoms with Crippen molar-refractivity contribution >= 4 is 11.6 Å². The fourth-order valence-corrected chi connectivity index (χ4v) is 2.47. The van der Waals surface area contributed by atoms with Crippen LogP contribution in [0, 0.1) is 11.2 Å². The summed E-state index contributed by atoms with van der Waals surface area (Å²) in [4.78, 5) is 14.3. The van der Waals surface area contributed by atoms with Crippen LogP contribution in [0.15, 0.2) is 18.2 Å². The number of piperidine rings is 1. The normalized spacial score (nSPS) is 18.8. The predicted octanol–water partition coefficient (Wildman–Crippen LogP) is 1.87. The third kappa shape index (κ3) is 3.70. The Labute approximate surface area is 119 Å². The summed E-state index contributed by atoms with van der Waals surface area (Å²) in [6, 6.07) is 3.91. The van der Waals surface area contributed by atoms with Gasteiger partial charge in [-0.15, -0.1) is 0 Å². The van der Waals surface area contributed by atoms with Crippen LogP contribution in [0.3, 0.4) is 0 Å². The first kappa shape index (κ1) is 14.8. The molecule has 20 heavy (non-hydrogen) atoms. The third-order valence-corrected chi connectivity index (χ3v) is 4.05. The van der Waals surface area contributed by atoms with Gasteiger partial charge >= 0.3 is 0 Å². The van der Waals surface area contributed by atoms with Crippen LogP contribution in [0.25, 0.3) is 0 Å². The van der Waals surface area contributed by atoms with Gasteiger partial charge in [-0.25, -0.2) is 4.39 Å². The summed E-state index contributed by atoms with van der Waals surface area (Å²) in [7, 11) is 2.10. The van der Waals surface area contributed by atoms with Gasteiger partial charge in [0.15, 0.2) is 0 Å². The number of rotatable bonds is 3. The van der Waals surface area contributed by atoms with E-state index in [1.165, 1.54) is 18.2 Å². The van der Waals surface area contributed by atoms with Crippen molar-refractivity contribution in [3.63, 3.8) is 0 Å². The summed E-state index contributed by atoms with van der Waals surface area (Å²) in [5.74, 6) is -0.753. The Balaban J connectivity index is 1.95. The van der Waals surface area contributed by atoms with Crippen LogP contribution in [-0.4, -0.2) is 37.5 Å². The van der Waals surface area contributed by atoms with E-state index in [1.807, 2.05) is 0 Å².